The molecule has 1 unspecified atom stereocenters. The normalized spacial score (nSPS) is 23.1. The number of thiazole rings is 1. The van der Waals surface area contributed by atoms with E-state index in [2.05, 4.69) is 26.2 Å². The van der Waals surface area contributed by atoms with Crippen LogP contribution in [0.15, 0.2) is 11.6 Å². The maximum absolute atomic E-state index is 9.45. The Morgan fingerprint density at radius 1 is 1.38 bits per heavy atom. The smallest absolute Gasteiger partial charge is 0.195 e. The Labute approximate surface area is 128 Å². The molecule has 1 saturated carbocycles. The molecule has 0 spiro atoms. The van der Waals surface area contributed by atoms with Gasteiger partial charge in [-0.3, -0.25) is 4.40 Å². The first-order chi connectivity index (χ1) is 10.3. The van der Waals surface area contributed by atoms with Gasteiger partial charge >= 0.3 is 0 Å². The number of fused-ring (bicyclic) bond motifs is 1. The number of nitrogens with one attached hydrogen (secondary N) is 1. The number of nitrogens with zero attached hydrogens (tertiary/aromatic N) is 3. The lowest BCUT2D eigenvalue weighted by Gasteiger charge is -2.32. The van der Waals surface area contributed by atoms with Gasteiger partial charge in [0.25, 0.3) is 0 Å². The van der Waals surface area contributed by atoms with Crippen molar-refractivity contribution in [2.24, 2.45) is 5.92 Å². The zero-order chi connectivity index (χ0) is 14.2. The highest BCUT2D eigenvalue weighted by molar-refractivity contribution is 7.15. The van der Waals surface area contributed by atoms with Crippen LogP contribution in [0.3, 0.4) is 0 Å². The van der Waals surface area contributed by atoms with Crippen LogP contribution in [-0.4, -0.2) is 40.2 Å². The fourth-order valence-electron chi connectivity index (χ4n) is 3.17. The van der Waals surface area contributed by atoms with Gasteiger partial charge in [0.2, 0.25) is 0 Å². The lowest BCUT2D eigenvalue weighted by molar-refractivity contribution is 0.208. The van der Waals surface area contributed by atoms with E-state index in [-0.39, 0.29) is 6.61 Å². The average molecular weight is 306 g/mol. The van der Waals surface area contributed by atoms with Crippen molar-refractivity contribution in [2.75, 3.05) is 24.6 Å². The first-order valence-corrected chi connectivity index (χ1v) is 8.76. The number of hydrogen-bond acceptors (Lipinski definition) is 5. The molecule has 5 nitrogen and oxygen atoms in total. The average Bonchev–Trinajstić information content (AvgIpc) is 3.12. The summed E-state index contributed by atoms with van der Waals surface area (Å²) in [4.78, 5) is 8.29. The van der Waals surface area contributed by atoms with Crippen molar-refractivity contribution in [1.29, 1.82) is 0 Å². The third-order valence-electron chi connectivity index (χ3n) is 4.55. The highest BCUT2D eigenvalue weighted by atomic mass is 32.1. The molecule has 114 valence electrons. The summed E-state index contributed by atoms with van der Waals surface area (Å²) < 4.78 is 2.22. The third-order valence-corrected chi connectivity index (χ3v) is 5.31. The molecule has 1 atom stereocenters. The van der Waals surface area contributed by atoms with Crippen LogP contribution < -0.4 is 10.2 Å². The van der Waals surface area contributed by atoms with Gasteiger partial charge in [0, 0.05) is 43.9 Å². The Balaban J connectivity index is 1.62. The monoisotopic (exact) mass is 306 g/mol. The van der Waals surface area contributed by atoms with Crippen molar-refractivity contribution in [3.8, 4) is 0 Å². The van der Waals surface area contributed by atoms with Crippen LogP contribution in [0.5, 0.6) is 0 Å². The molecule has 0 amide bonds. The van der Waals surface area contributed by atoms with Crippen LogP contribution in [0.4, 0.5) is 5.82 Å². The van der Waals surface area contributed by atoms with Gasteiger partial charge in [0.05, 0.1) is 5.69 Å². The van der Waals surface area contributed by atoms with E-state index in [0.717, 1.165) is 43.3 Å². The minimum atomic E-state index is 0.286. The number of imidazole rings is 1. The maximum Gasteiger partial charge on any atom is 0.195 e. The zero-order valence-corrected chi connectivity index (χ0v) is 13.0. The summed E-state index contributed by atoms with van der Waals surface area (Å²) in [5.74, 6) is 1.51. The Morgan fingerprint density at radius 2 is 2.29 bits per heavy atom. The number of aromatic nitrogens is 2. The van der Waals surface area contributed by atoms with Gasteiger partial charge in [-0.15, -0.1) is 11.3 Å². The van der Waals surface area contributed by atoms with E-state index in [0.29, 0.717) is 12.0 Å². The molecule has 2 aliphatic rings. The SMILES string of the molecule is OCC1CCCN(c2nc3sccn3c2CNC2CC2)C1. The van der Waals surface area contributed by atoms with Crippen LogP contribution in [0, 0.1) is 5.92 Å². The molecule has 1 aliphatic heterocycles. The fourth-order valence-corrected chi connectivity index (χ4v) is 3.90. The second-order valence-electron chi connectivity index (χ2n) is 6.23. The summed E-state index contributed by atoms with van der Waals surface area (Å²) in [7, 11) is 0. The largest absolute Gasteiger partial charge is 0.396 e. The molecular weight excluding hydrogens is 284 g/mol. The number of rotatable bonds is 5. The van der Waals surface area contributed by atoms with Gasteiger partial charge < -0.3 is 15.3 Å². The second-order valence-corrected chi connectivity index (χ2v) is 7.10. The number of aliphatic hydroxyl groups is 1. The molecule has 2 aromatic rings. The van der Waals surface area contributed by atoms with E-state index in [9.17, 15) is 5.11 Å². The number of aliphatic hydroxyl groups excluding tert-OH is 1. The molecule has 1 saturated heterocycles. The standard InChI is InChI=1S/C15H22N4OS/c20-10-11-2-1-5-18(9-11)14-13(8-16-12-3-4-12)19-6-7-21-15(19)17-14/h6-7,11-12,16,20H,1-5,8-10H2. The van der Waals surface area contributed by atoms with E-state index in [4.69, 9.17) is 4.98 Å². The van der Waals surface area contributed by atoms with Crippen LogP contribution in [0.1, 0.15) is 31.4 Å². The highest BCUT2D eigenvalue weighted by Gasteiger charge is 2.26. The predicted molar refractivity (Wildman–Crippen MR) is 85.0 cm³/mol. The minimum Gasteiger partial charge on any atom is -0.396 e. The molecule has 6 heteroatoms. The van der Waals surface area contributed by atoms with Gasteiger partial charge in [0.15, 0.2) is 10.8 Å². The maximum atomic E-state index is 9.45. The molecule has 1 aliphatic carbocycles. The summed E-state index contributed by atoms with van der Waals surface area (Å²) in [6.07, 6.45) is 7.00. The summed E-state index contributed by atoms with van der Waals surface area (Å²) in [5.41, 5.74) is 1.27. The van der Waals surface area contributed by atoms with E-state index < -0.39 is 0 Å². The molecule has 0 radical (unpaired) electrons. The fraction of sp³-hybridized carbons (Fsp3) is 0.667. The van der Waals surface area contributed by atoms with Crippen LogP contribution in [0.25, 0.3) is 4.96 Å². The summed E-state index contributed by atoms with van der Waals surface area (Å²) in [6, 6.07) is 0.702. The van der Waals surface area contributed by atoms with Crippen molar-refractivity contribution >= 4 is 22.1 Å². The quantitative estimate of drug-likeness (QED) is 0.885. The van der Waals surface area contributed by atoms with Crippen LogP contribution in [-0.2, 0) is 6.54 Å². The van der Waals surface area contributed by atoms with Crippen molar-refractivity contribution in [2.45, 2.75) is 38.3 Å². The topological polar surface area (TPSA) is 52.8 Å². The number of hydrogen-bond donors (Lipinski definition) is 2. The Morgan fingerprint density at radius 3 is 3.10 bits per heavy atom. The zero-order valence-electron chi connectivity index (χ0n) is 12.2. The second kappa shape index (κ2) is 5.59. The Bertz CT molecular complexity index is 618. The third kappa shape index (κ3) is 2.67. The summed E-state index contributed by atoms with van der Waals surface area (Å²) in [6.45, 7) is 3.15. The van der Waals surface area contributed by atoms with Gasteiger partial charge in [0.1, 0.15) is 0 Å². The molecule has 3 heterocycles. The molecule has 2 aromatic heterocycles. The summed E-state index contributed by atoms with van der Waals surface area (Å²) in [5, 5.41) is 15.2. The van der Waals surface area contributed by atoms with E-state index in [1.807, 2.05) is 0 Å². The molecular formula is C15H22N4OS. The van der Waals surface area contributed by atoms with Crippen LogP contribution >= 0.6 is 11.3 Å². The van der Waals surface area contributed by atoms with E-state index in [1.165, 1.54) is 18.5 Å². The van der Waals surface area contributed by atoms with Gasteiger partial charge in [-0.25, -0.2) is 4.98 Å². The Kier molecular flexibility index (Phi) is 3.61. The number of piperidine rings is 1. The van der Waals surface area contributed by atoms with E-state index >= 15 is 0 Å². The molecule has 2 N–H and O–H groups in total. The Hall–Kier alpha value is -1.11. The highest BCUT2D eigenvalue weighted by Crippen LogP contribution is 2.29. The van der Waals surface area contributed by atoms with Crippen LogP contribution in [0.2, 0.25) is 0 Å². The van der Waals surface area contributed by atoms with Gasteiger partial charge in [-0.2, -0.15) is 0 Å². The van der Waals surface area contributed by atoms with E-state index in [1.54, 1.807) is 11.3 Å². The number of anilines is 1. The lowest BCUT2D eigenvalue weighted by atomic mass is 9.99. The van der Waals surface area contributed by atoms with Crippen molar-refractivity contribution in [3.05, 3.63) is 17.3 Å². The molecule has 0 aromatic carbocycles. The lowest BCUT2D eigenvalue weighted by Crippen LogP contribution is -2.37. The minimum absolute atomic E-state index is 0.286. The van der Waals surface area contributed by atoms with Crippen molar-refractivity contribution in [1.82, 2.24) is 14.7 Å². The van der Waals surface area contributed by atoms with Crippen molar-refractivity contribution in [3.63, 3.8) is 0 Å². The van der Waals surface area contributed by atoms with Crippen molar-refractivity contribution < 1.29 is 5.11 Å². The first-order valence-electron chi connectivity index (χ1n) is 7.89. The molecule has 2 fully saturated rings. The first kappa shape index (κ1) is 13.5. The van der Waals surface area contributed by atoms with Gasteiger partial charge in [-0.1, -0.05) is 0 Å². The predicted octanol–water partition coefficient (Wildman–Crippen LogP) is 1.86. The molecule has 21 heavy (non-hydrogen) atoms. The summed E-state index contributed by atoms with van der Waals surface area (Å²) >= 11 is 1.69. The van der Waals surface area contributed by atoms with Gasteiger partial charge in [-0.05, 0) is 31.6 Å². The molecule has 4 rings (SSSR count). The molecule has 0 bridgehead atoms.